The van der Waals surface area contributed by atoms with Gasteiger partial charge in [0.05, 0.1) is 22.4 Å². The minimum Gasteiger partial charge on any atom is -0.403 e. The Labute approximate surface area is 194 Å². The first kappa shape index (κ1) is 23.6. The van der Waals surface area contributed by atoms with Crippen LogP contribution in [0.2, 0.25) is 11.1 Å². The molecular formula is C26H36B2O4. The van der Waals surface area contributed by atoms with Gasteiger partial charge in [0.1, 0.15) is 0 Å². The molecule has 1 aliphatic carbocycles. The average Bonchev–Trinajstić information content (AvgIpc) is 3.07. The lowest BCUT2D eigenvalue weighted by atomic mass is 9.41. The molecule has 6 heteroatoms. The molecule has 0 radical (unpaired) electrons. The maximum atomic E-state index is 6.62. The van der Waals surface area contributed by atoms with Crippen LogP contribution in [0.25, 0.3) is 6.08 Å². The van der Waals surface area contributed by atoms with Crippen molar-refractivity contribution in [1.29, 1.82) is 0 Å². The van der Waals surface area contributed by atoms with Crippen LogP contribution in [0, 0.1) is 0 Å². The average molecular weight is 434 g/mol. The van der Waals surface area contributed by atoms with Crippen LogP contribution in [0.3, 0.4) is 0 Å². The molecule has 2 fully saturated rings. The van der Waals surface area contributed by atoms with Gasteiger partial charge in [-0.05, 0) is 61.0 Å². The molecule has 3 aliphatic rings. The highest BCUT2D eigenvalue weighted by Gasteiger charge is 2.65. The van der Waals surface area contributed by atoms with Crippen molar-refractivity contribution in [3.05, 3.63) is 66.3 Å². The Bertz CT molecular complexity index is 900. The molecule has 0 amide bonds. The van der Waals surface area contributed by atoms with Crippen LogP contribution in [0.1, 0.15) is 61.0 Å². The van der Waals surface area contributed by atoms with Gasteiger partial charge in [-0.25, -0.2) is 0 Å². The summed E-state index contributed by atoms with van der Waals surface area (Å²) < 4.78 is 26.3. The quantitative estimate of drug-likeness (QED) is 0.535. The maximum Gasteiger partial charge on any atom is 0.472 e. The zero-order valence-electron chi connectivity index (χ0n) is 20.7. The monoisotopic (exact) mass is 434 g/mol. The largest absolute Gasteiger partial charge is 0.472 e. The summed E-state index contributed by atoms with van der Waals surface area (Å²) in [5.41, 5.74) is -0.602. The summed E-state index contributed by atoms with van der Waals surface area (Å²) >= 11 is 0. The summed E-state index contributed by atoms with van der Waals surface area (Å²) in [5, 5.41) is -0.600. The maximum absolute atomic E-state index is 6.62. The molecule has 2 heterocycles. The third-order valence-electron chi connectivity index (χ3n) is 7.98. The lowest BCUT2D eigenvalue weighted by Gasteiger charge is -2.38. The summed E-state index contributed by atoms with van der Waals surface area (Å²) in [6.07, 6.45) is 12.8. The molecule has 32 heavy (non-hydrogen) atoms. The van der Waals surface area contributed by atoms with E-state index >= 15 is 0 Å². The third-order valence-corrected chi connectivity index (χ3v) is 7.98. The van der Waals surface area contributed by atoms with Crippen molar-refractivity contribution < 1.29 is 18.6 Å². The van der Waals surface area contributed by atoms with Crippen LogP contribution in [0.5, 0.6) is 0 Å². The zero-order chi connectivity index (χ0) is 23.4. The molecular weight excluding hydrogens is 398 g/mol. The minimum atomic E-state index is -0.600. The summed E-state index contributed by atoms with van der Waals surface area (Å²) in [7, 11) is -0.918. The van der Waals surface area contributed by atoms with Crippen molar-refractivity contribution in [1.82, 2.24) is 0 Å². The molecule has 4 rings (SSSR count). The lowest BCUT2D eigenvalue weighted by molar-refractivity contribution is 0.00578. The van der Waals surface area contributed by atoms with E-state index in [9.17, 15) is 0 Å². The van der Waals surface area contributed by atoms with Crippen molar-refractivity contribution >= 4 is 20.3 Å². The van der Waals surface area contributed by atoms with E-state index in [4.69, 9.17) is 18.6 Å². The van der Waals surface area contributed by atoms with Gasteiger partial charge in [0, 0.05) is 11.1 Å². The Hall–Kier alpha value is -1.59. The van der Waals surface area contributed by atoms with Gasteiger partial charge in [-0.15, -0.1) is 0 Å². The van der Waals surface area contributed by atoms with Crippen molar-refractivity contribution in [3.63, 3.8) is 0 Å². The molecule has 0 N–H and O–H groups in total. The Morgan fingerprint density at radius 2 is 1.25 bits per heavy atom. The number of hydrogen-bond donors (Lipinski definition) is 0. The standard InChI is InChI=1S/C26H36B2O4/c1-22(2)23(3,4)30-27(29-22)21-16-12-13-18-26(21,19-17-20-14-10-9-11-15-20)28-31-24(5,6)25(7,8)32-28/h9-19,21H,1-8H3/b19-17+/t21-,26-/m1/s1. The molecule has 2 aliphatic heterocycles. The van der Waals surface area contributed by atoms with Gasteiger partial charge >= 0.3 is 14.2 Å². The second-order valence-corrected chi connectivity index (χ2v) is 11.2. The first-order valence-corrected chi connectivity index (χ1v) is 11.6. The molecule has 2 saturated heterocycles. The summed E-state index contributed by atoms with van der Waals surface area (Å²) in [6, 6.07) is 10.3. The van der Waals surface area contributed by atoms with E-state index in [0.29, 0.717) is 0 Å². The molecule has 1 aromatic carbocycles. The molecule has 0 bridgehead atoms. The fraction of sp³-hybridized carbons (Fsp3) is 0.538. The molecule has 0 spiro atoms. The number of hydrogen-bond acceptors (Lipinski definition) is 4. The molecule has 1 aromatic rings. The number of allylic oxidation sites excluding steroid dienone is 5. The summed E-state index contributed by atoms with van der Waals surface area (Å²) in [4.78, 5) is 0. The van der Waals surface area contributed by atoms with Crippen LogP contribution < -0.4 is 0 Å². The van der Waals surface area contributed by atoms with Crippen LogP contribution in [-0.2, 0) is 18.6 Å². The van der Waals surface area contributed by atoms with Gasteiger partial charge in [-0.1, -0.05) is 66.8 Å². The minimum absolute atomic E-state index is 0.122. The predicted molar refractivity (Wildman–Crippen MR) is 132 cm³/mol. The molecule has 4 nitrogen and oxygen atoms in total. The summed E-state index contributed by atoms with van der Waals surface area (Å²) in [5.74, 6) is -0.122. The van der Waals surface area contributed by atoms with E-state index in [1.54, 1.807) is 0 Å². The molecule has 2 atom stereocenters. The first-order chi connectivity index (χ1) is 14.8. The Morgan fingerprint density at radius 3 is 1.81 bits per heavy atom. The van der Waals surface area contributed by atoms with E-state index in [0.717, 1.165) is 5.56 Å². The molecule has 0 unspecified atom stereocenters. The highest BCUT2D eigenvalue weighted by Crippen LogP contribution is 2.58. The SMILES string of the molecule is CC1(C)OB([C@@H]2C=CC=C[C@]2(/C=C/c2ccccc2)B2OC(C)(C)C(C)(C)O2)OC1(C)C. The molecule has 0 aromatic heterocycles. The number of rotatable bonds is 4. The van der Waals surface area contributed by atoms with Gasteiger partial charge in [0.2, 0.25) is 0 Å². The Balaban J connectivity index is 1.78. The van der Waals surface area contributed by atoms with E-state index in [-0.39, 0.29) is 5.82 Å². The third kappa shape index (κ3) is 3.85. The highest BCUT2D eigenvalue weighted by atomic mass is 16.7. The van der Waals surface area contributed by atoms with E-state index in [1.165, 1.54) is 0 Å². The highest BCUT2D eigenvalue weighted by molar-refractivity contribution is 6.58. The predicted octanol–water partition coefficient (Wildman–Crippen LogP) is 6.12. The van der Waals surface area contributed by atoms with E-state index < -0.39 is 42.0 Å². The van der Waals surface area contributed by atoms with Gasteiger partial charge in [-0.2, -0.15) is 0 Å². The van der Waals surface area contributed by atoms with Crippen LogP contribution in [-0.4, -0.2) is 36.6 Å². The lowest BCUT2D eigenvalue weighted by Crippen LogP contribution is -2.43. The van der Waals surface area contributed by atoms with Gasteiger partial charge in [-0.3, -0.25) is 0 Å². The van der Waals surface area contributed by atoms with Crippen molar-refractivity contribution in [2.75, 3.05) is 0 Å². The smallest absolute Gasteiger partial charge is 0.403 e. The van der Waals surface area contributed by atoms with Crippen LogP contribution >= 0.6 is 0 Å². The molecule has 0 saturated carbocycles. The van der Waals surface area contributed by atoms with Crippen LogP contribution in [0.15, 0.2) is 60.7 Å². The van der Waals surface area contributed by atoms with Gasteiger partial charge in [0.15, 0.2) is 0 Å². The van der Waals surface area contributed by atoms with Crippen molar-refractivity contribution in [2.24, 2.45) is 0 Å². The summed E-state index contributed by atoms with van der Waals surface area (Å²) in [6.45, 7) is 16.7. The van der Waals surface area contributed by atoms with Crippen molar-refractivity contribution in [3.8, 4) is 0 Å². The molecule has 170 valence electrons. The van der Waals surface area contributed by atoms with Gasteiger partial charge in [0.25, 0.3) is 0 Å². The topological polar surface area (TPSA) is 36.9 Å². The van der Waals surface area contributed by atoms with E-state index in [2.05, 4.69) is 104 Å². The van der Waals surface area contributed by atoms with E-state index in [1.807, 2.05) is 18.2 Å². The second kappa shape index (κ2) is 7.73. The fourth-order valence-electron chi connectivity index (χ4n) is 4.38. The van der Waals surface area contributed by atoms with Crippen LogP contribution in [0.4, 0.5) is 0 Å². The normalized spacial score (nSPS) is 32.2. The fourth-order valence-corrected chi connectivity index (χ4v) is 4.38. The zero-order valence-corrected chi connectivity index (χ0v) is 20.7. The van der Waals surface area contributed by atoms with Crippen molar-refractivity contribution in [2.45, 2.75) is 88.9 Å². The Morgan fingerprint density at radius 1 is 0.719 bits per heavy atom. The Kier molecular flexibility index (Phi) is 5.69. The first-order valence-electron chi connectivity index (χ1n) is 11.6. The second-order valence-electron chi connectivity index (χ2n) is 11.2. The van der Waals surface area contributed by atoms with Gasteiger partial charge < -0.3 is 18.6 Å². The number of benzene rings is 1.